The topological polar surface area (TPSA) is 66.5 Å². The summed E-state index contributed by atoms with van der Waals surface area (Å²) < 4.78 is 4.88. The molecule has 0 radical (unpaired) electrons. The van der Waals surface area contributed by atoms with Crippen LogP contribution in [0, 0.1) is 0 Å². The first-order chi connectivity index (χ1) is 9.31. The van der Waals surface area contributed by atoms with Gasteiger partial charge in [-0.2, -0.15) is 0 Å². The Hall–Kier alpha value is -1.37. The maximum atomic E-state index is 11.8. The number of piperazine rings is 1. The fourth-order valence-corrected chi connectivity index (χ4v) is 1.99. The van der Waals surface area contributed by atoms with Gasteiger partial charge < -0.3 is 20.3 Å². The van der Waals surface area contributed by atoms with Gasteiger partial charge in [-0.3, -0.25) is 4.79 Å². The van der Waals surface area contributed by atoms with Gasteiger partial charge in [0.15, 0.2) is 0 Å². The van der Waals surface area contributed by atoms with E-state index in [4.69, 9.17) is 4.74 Å². The Morgan fingerprint density at radius 2 is 2.20 bits per heavy atom. The molecular formula is C13H21ClN4O2. The molecule has 2 N–H and O–H groups in total. The quantitative estimate of drug-likeness (QED) is 0.765. The predicted octanol–water partition coefficient (Wildman–Crippen LogP) is 0.289. The minimum Gasteiger partial charge on any atom is -0.383 e. The van der Waals surface area contributed by atoms with E-state index >= 15 is 0 Å². The van der Waals surface area contributed by atoms with Crippen LogP contribution in [0.3, 0.4) is 0 Å². The van der Waals surface area contributed by atoms with Crippen molar-refractivity contribution in [2.45, 2.75) is 0 Å². The second-order valence-corrected chi connectivity index (χ2v) is 4.39. The van der Waals surface area contributed by atoms with Gasteiger partial charge in [-0.15, -0.1) is 12.4 Å². The number of amides is 1. The number of halogens is 1. The smallest absolute Gasteiger partial charge is 0.269 e. The lowest BCUT2D eigenvalue weighted by molar-refractivity contribution is 0.0932. The number of anilines is 1. The van der Waals surface area contributed by atoms with E-state index in [-0.39, 0.29) is 18.3 Å². The molecule has 2 rings (SSSR count). The number of nitrogens with one attached hydrogen (secondary N) is 2. The summed E-state index contributed by atoms with van der Waals surface area (Å²) in [5, 5.41) is 6.05. The van der Waals surface area contributed by atoms with Gasteiger partial charge in [0.05, 0.1) is 18.5 Å². The lowest BCUT2D eigenvalue weighted by Crippen LogP contribution is -2.43. The molecule has 0 bridgehead atoms. The largest absolute Gasteiger partial charge is 0.383 e. The Balaban J connectivity index is 0.00000200. The van der Waals surface area contributed by atoms with Gasteiger partial charge >= 0.3 is 0 Å². The number of rotatable bonds is 5. The standard InChI is InChI=1S/C13H20N4O2.ClH/c1-19-9-6-15-13(18)12-3-2-11(10-16-12)17-7-4-14-5-8-17;/h2-3,10,14H,4-9H2,1H3,(H,15,18);1H. The average molecular weight is 301 g/mol. The molecule has 0 spiro atoms. The Morgan fingerprint density at radius 3 is 2.80 bits per heavy atom. The molecule has 1 fully saturated rings. The Morgan fingerprint density at radius 1 is 1.45 bits per heavy atom. The number of methoxy groups -OCH3 is 1. The summed E-state index contributed by atoms with van der Waals surface area (Å²) in [4.78, 5) is 18.2. The van der Waals surface area contributed by atoms with E-state index in [1.165, 1.54) is 0 Å². The summed E-state index contributed by atoms with van der Waals surface area (Å²) in [5.74, 6) is -0.163. The maximum absolute atomic E-state index is 11.8. The van der Waals surface area contributed by atoms with Crippen molar-refractivity contribution >= 4 is 24.0 Å². The Kier molecular flexibility index (Phi) is 7.28. The molecule has 1 aliphatic heterocycles. The van der Waals surface area contributed by atoms with Crippen LogP contribution in [0.15, 0.2) is 18.3 Å². The average Bonchev–Trinajstić information content (AvgIpc) is 2.48. The zero-order valence-electron chi connectivity index (χ0n) is 11.6. The summed E-state index contributed by atoms with van der Waals surface area (Å²) in [7, 11) is 1.60. The van der Waals surface area contributed by atoms with Crippen molar-refractivity contribution in [3.63, 3.8) is 0 Å². The summed E-state index contributed by atoms with van der Waals surface area (Å²) >= 11 is 0. The Labute approximate surface area is 125 Å². The molecule has 1 amide bonds. The normalized spacial score (nSPS) is 14.6. The Bertz CT molecular complexity index is 407. The molecule has 2 heterocycles. The third-order valence-corrected chi connectivity index (χ3v) is 3.05. The first-order valence-corrected chi connectivity index (χ1v) is 6.50. The first-order valence-electron chi connectivity index (χ1n) is 6.50. The van der Waals surface area contributed by atoms with Crippen LogP contribution in [0.25, 0.3) is 0 Å². The molecule has 0 unspecified atom stereocenters. The van der Waals surface area contributed by atoms with Gasteiger partial charge in [-0.25, -0.2) is 4.98 Å². The van der Waals surface area contributed by atoms with Crippen LogP contribution in [0.4, 0.5) is 5.69 Å². The zero-order valence-corrected chi connectivity index (χ0v) is 12.4. The monoisotopic (exact) mass is 300 g/mol. The first kappa shape index (κ1) is 16.7. The molecule has 7 heteroatoms. The van der Waals surface area contributed by atoms with Crippen LogP contribution in [-0.4, -0.2) is 57.3 Å². The van der Waals surface area contributed by atoms with Crippen LogP contribution in [-0.2, 0) is 4.74 Å². The highest BCUT2D eigenvalue weighted by Gasteiger charge is 2.12. The number of carbonyl (C=O) groups is 1. The van der Waals surface area contributed by atoms with Gasteiger partial charge in [-0.05, 0) is 12.1 Å². The van der Waals surface area contributed by atoms with Gasteiger partial charge in [0.2, 0.25) is 0 Å². The number of aromatic nitrogens is 1. The summed E-state index contributed by atoms with van der Waals surface area (Å²) in [6.07, 6.45) is 1.76. The molecule has 0 aliphatic carbocycles. The number of hydrogen-bond acceptors (Lipinski definition) is 5. The van der Waals surface area contributed by atoms with Gasteiger partial charge in [0, 0.05) is 39.8 Å². The fourth-order valence-electron chi connectivity index (χ4n) is 1.99. The zero-order chi connectivity index (χ0) is 13.5. The molecule has 1 aromatic heterocycles. The molecule has 0 aromatic carbocycles. The molecule has 6 nitrogen and oxygen atoms in total. The minimum atomic E-state index is -0.163. The van der Waals surface area contributed by atoms with E-state index in [1.807, 2.05) is 6.07 Å². The summed E-state index contributed by atoms with van der Waals surface area (Å²) in [6, 6.07) is 3.71. The van der Waals surface area contributed by atoms with Crippen molar-refractivity contribution < 1.29 is 9.53 Å². The molecule has 20 heavy (non-hydrogen) atoms. The van der Waals surface area contributed by atoms with Gasteiger partial charge in [0.25, 0.3) is 5.91 Å². The second-order valence-electron chi connectivity index (χ2n) is 4.39. The van der Waals surface area contributed by atoms with E-state index in [1.54, 1.807) is 19.4 Å². The van der Waals surface area contributed by atoms with E-state index < -0.39 is 0 Å². The highest BCUT2D eigenvalue weighted by Crippen LogP contribution is 2.13. The van der Waals surface area contributed by atoms with Crippen LogP contribution < -0.4 is 15.5 Å². The lowest BCUT2D eigenvalue weighted by Gasteiger charge is -2.29. The molecule has 1 aromatic rings. The number of pyridine rings is 1. The van der Waals surface area contributed by atoms with Crippen molar-refractivity contribution in [2.75, 3.05) is 51.3 Å². The highest BCUT2D eigenvalue weighted by atomic mass is 35.5. The lowest BCUT2D eigenvalue weighted by atomic mass is 10.2. The summed E-state index contributed by atoms with van der Waals surface area (Å²) in [6.45, 7) is 4.92. The van der Waals surface area contributed by atoms with Gasteiger partial charge in [-0.1, -0.05) is 0 Å². The molecule has 0 saturated carbocycles. The molecule has 112 valence electrons. The van der Waals surface area contributed by atoms with Crippen LogP contribution >= 0.6 is 12.4 Å². The van der Waals surface area contributed by atoms with Crippen molar-refractivity contribution in [3.8, 4) is 0 Å². The highest BCUT2D eigenvalue weighted by molar-refractivity contribution is 5.92. The van der Waals surface area contributed by atoms with Crippen LogP contribution in [0.5, 0.6) is 0 Å². The molecule has 0 atom stereocenters. The minimum absolute atomic E-state index is 0. The van der Waals surface area contributed by atoms with Crippen molar-refractivity contribution in [1.29, 1.82) is 0 Å². The summed E-state index contributed by atoms with van der Waals surface area (Å²) in [5.41, 5.74) is 1.50. The van der Waals surface area contributed by atoms with Crippen molar-refractivity contribution in [3.05, 3.63) is 24.0 Å². The van der Waals surface area contributed by atoms with E-state index in [9.17, 15) is 4.79 Å². The number of hydrogen-bond donors (Lipinski definition) is 2. The number of carbonyl (C=O) groups excluding carboxylic acids is 1. The maximum Gasteiger partial charge on any atom is 0.269 e. The van der Waals surface area contributed by atoms with Crippen LogP contribution in [0.1, 0.15) is 10.5 Å². The third-order valence-electron chi connectivity index (χ3n) is 3.05. The van der Waals surface area contributed by atoms with Gasteiger partial charge in [0.1, 0.15) is 5.69 Å². The third kappa shape index (κ3) is 4.63. The fraction of sp³-hybridized carbons (Fsp3) is 0.538. The number of nitrogens with zero attached hydrogens (tertiary/aromatic N) is 2. The molecular weight excluding hydrogens is 280 g/mol. The second kappa shape index (κ2) is 8.73. The van der Waals surface area contributed by atoms with E-state index in [0.717, 1.165) is 31.9 Å². The SMILES string of the molecule is COCCNC(=O)c1ccc(N2CCNCC2)cn1.Cl. The van der Waals surface area contributed by atoms with Crippen molar-refractivity contribution in [2.24, 2.45) is 0 Å². The van der Waals surface area contributed by atoms with Crippen LogP contribution in [0.2, 0.25) is 0 Å². The molecule has 1 aliphatic rings. The molecule has 1 saturated heterocycles. The van der Waals surface area contributed by atoms with Crippen molar-refractivity contribution in [1.82, 2.24) is 15.6 Å². The van der Waals surface area contributed by atoms with E-state index in [0.29, 0.717) is 18.8 Å². The predicted molar refractivity (Wildman–Crippen MR) is 80.8 cm³/mol. The number of ether oxygens (including phenoxy) is 1. The van der Waals surface area contributed by atoms with E-state index in [2.05, 4.69) is 20.5 Å².